The molecule has 0 spiro atoms. The molecule has 1 aliphatic rings. The van der Waals surface area contributed by atoms with Crippen molar-refractivity contribution in [2.75, 3.05) is 0 Å². The van der Waals surface area contributed by atoms with Crippen molar-refractivity contribution >= 4 is 0 Å². The average Bonchev–Trinajstić information content (AvgIpc) is 2.04. The van der Waals surface area contributed by atoms with Crippen LogP contribution < -0.4 is 0 Å². The number of hydrogen-bond donors (Lipinski definition) is 0. The van der Waals surface area contributed by atoms with Crippen molar-refractivity contribution in [2.24, 2.45) is 11.3 Å². The fourth-order valence-corrected chi connectivity index (χ4v) is 2.00. The fourth-order valence-electron chi connectivity index (χ4n) is 2.00. The summed E-state index contributed by atoms with van der Waals surface area (Å²) in [7, 11) is 0. The molecule has 0 unspecified atom stereocenters. The van der Waals surface area contributed by atoms with Gasteiger partial charge in [-0.2, -0.15) is 13.2 Å². The van der Waals surface area contributed by atoms with E-state index in [9.17, 15) is 13.2 Å². The molecule has 0 aliphatic heterocycles. The van der Waals surface area contributed by atoms with Gasteiger partial charge in [-0.3, -0.25) is 0 Å². The van der Waals surface area contributed by atoms with Gasteiger partial charge >= 0.3 is 6.18 Å². The molecule has 0 aromatic heterocycles. The minimum absolute atomic E-state index is 0.168. The third-order valence-electron chi connectivity index (χ3n) is 3.51. The lowest BCUT2D eigenvalue weighted by Gasteiger charge is -2.37. The third-order valence-corrected chi connectivity index (χ3v) is 3.51. The van der Waals surface area contributed by atoms with Gasteiger partial charge < -0.3 is 0 Å². The highest BCUT2D eigenvalue weighted by Crippen LogP contribution is 2.46. The summed E-state index contributed by atoms with van der Waals surface area (Å²) >= 11 is 0. The van der Waals surface area contributed by atoms with Crippen molar-refractivity contribution in [1.82, 2.24) is 0 Å². The highest BCUT2D eigenvalue weighted by atomic mass is 19.4. The van der Waals surface area contributed by atoms with E-state index < -0.39 is 12.1 Å². The molecule has 0 bridgehead atoms. The molecule has 0 amide bonds. The number of alkyl halides is 3. The highest BCUT2D eigenvalue weighted by molar-refractivity contribution is 4.83. The first-order valence-corrected chi connectivity index (χ1v) is 4.94. The predicted molar refractivity (Wildman–Crippen MR) is 46.4 cm³/mol. The van der Waals surface area contributed by atoms with Gasteiger partial charge in [-0.05, 0) is 31.1 Å². The standard InChI is InChI=1S/C10H17F3/c1-3-9(2)6-4-8(5-7-9)10(11,12)13/h8H,3-7H2,1-2H3. The lowest BCUT2D eigenvalue weighted by molar-refractivity contribution is -0.187. The topological polar surface area (TPSA) is 0 Å². The Morgan fingerprint density at radius 3 is 2.00 bits per heavy atom. The van der Waals surface area contributed by atoms with Crippen molar-refractivity contribution in [1.29, 1.82) is 0 Å². The zero-order valence-corrected chi connectivity index (χ0v) is 8.25. The first-order valence-electron chi connectivity index (χ1n) is 4.94. The van der Waals surface area contributed by atoms with E-state index >= 15 is 0 Å². The average molecular weight is 194 g/mol. The SMILES string of the molecule is CCC1(C)CCC(C(F)(F)F)CC1. The largest absolute Gasteiger partial charge is 0.391 e. The molecular formula is C10H17F3. The number of hydrogen-bond acceptors (Lipinski definition) is 0. The Morgan fingerprint density at radius 2 is 1.69 bits per heavy atom. The summed E-state index contributed by atoms with van der Waals surface area (Å²) in [6.45, 7) is 4.16. The van der Waals surface area contributed by atoms with Crippen LogP contribution in [0.25, 0.3) is 0 Å². The molecule has 1 rings (SSSR count). The molecule has 0 heterocycles. The minimum Gasteiger partial charge on any atom is -0.171 e. The first kappa shape index (κ1) is 10.9. The summed E-state index contributed by atoms with van der Waals surface area (Å²) < 4.78 is 36.9. The fraction of sp³-hybridized carbons (Fsp3) is 1.00. The second-order valence-electron chi connectivity index (χ2n) is 4.48. The molecule has 0 N–H and O–H groups in total. The van der Waals surface area contributed by atoms with E-state index in [1.807, 2.05) is 0 Å². The predicted octanol–water partition coefficient (Wildman–Crippen LogP) is 4.16. The molecule has 13 heavy (non-hydrogen) atoms. The summed E-state index contributed by atoms with van der Waals surface area (Å²) in [6.07, 6.45) is -0.852. The molecule has 78 valence electrons. The van der Waals surface area contributed by atoms with Crippen LogP contribution in [0.15, 0.2) is 0 Å². The third kappa shape index (κ3) is 2.61. The number of rotatable bonds is 1. The summed E-state index contributed by atoms with van der Waals surface area (Å²) in [5.74, 6) is -1.04. The van der Waals surface area contributed by atoms with Crippen LogP contribution in [0.1, 0.15) is 46.0 Å². The van der Waals surface area contributed by atoms with Gasteiger partial charge in [-0.1, -0.05) is 20.3 Å². The van der Waals surface area contributed by atoms with Crippen LogP contribution in [0, 0.1) is 11.3 Å². The van der Waals surface area contributed by atoms with E-state index in [2.05, 4.69) is 13.8 Å². The molecule has 0 aromatic carbocycles. The van der Waals surface area contributed by atoms with E-state index in [1.165, 1.54) is 0 Å². The molecule has 1 saturated carbocycles. The van der Waals surface area contributed by atoms with Gasteiger partial charge in [-0.25, -0.2) is 0 Å². The van der Waals surface area contributed by atoms with Crippen molar-refractivity contribution in [3.8, 4) is 0 Å². The molecular weight excluding hydrogens is 177 g/mol. The maximum absolute atomic E-state index is 12.3. The van der Waals surface area contributed by atoms with E-state index in [0.717, 1.165) is 19.3 Å². The second kappa shape index (κ2) is 3.50. The summed E-state index contributed by atoms with van der Waals surface area (Å²) in [5.41, 5.74) is 0.168. The molecule has 0 atom stereocenters. The Labute approximate surface area is 77.5 Å². The van der Waals surface area contributed by atoms with Crippen LogP contribution in [0.4, 0.5) is 13.2 Å². The summed E-state index contributed by atoms with van der Waals surface area (Å²) in [6, 6.07) is 0. The quantitative estimate of drug-likeness (QED) is 0.588. The molecule has 0 aromatic rings. The van der Waals surface area contributed by atoms with Gasteiger partial charge in [0.15, 0.2) is 0 Å². The van der Waals surface area contributed by atoms with Crippen molar-refractivity contribution in [3.05, 3.63) is 0 Å². The van der Waals surface area contributed by atoms with Crippen LogP contribution in [0.3, 0.4) is 0 Å². The van der Waals surface area contributed by atoms with E-state index in [-0.39, 0.29) is 5.41 Å². The van der Waals surface area contributed by atoms with Crippen molar-refractivity contribution < 1.29 is 13.2 Å². The second-order valence-corrected chi connectivity index (χ2v) is 4.48. The summed E-state index contributed by atoms with van der Waals surface area (Å²) in [5, 5.41) is 0. The molecule has 0 radical (unpaired) electrons. The van der Waals surface area contributed by atoms with Crippen molar-refractivity contribution in [3.63, 3.8) is 0 Å². The normalized spacial score (nSPS) is 36.2. The van der Waals surface area contributed by atoms with Gasteiger partial charge in [-0.15, -0.1) is 0 Å². The highest BCUT2D eigenvalue weighted by Gasteiger charge is 2.43. The maximum atomic E-state index is 12.3. The Kier molecular flexibility index (Phi) is 2.93. The summed E-state index contributed by atoms with van der Waals surface area (Å²) in [4.78, 5) is 0. The Hall–Kier alpha value is -0.210. The lowest BCUT2D eigenvalue weighted by atomic mass is 9.70. The Balaban J connectivity index is 2.48. The van der Waals surface area contributed by atoms with Crippen molar-refractivity contribution in [2.45, 2.75) is 52.1 Å². The first-order chi connectivity index (χ1) is 5.87. The van der Waals surface area contributed by atoms with Crippen LogP contribution in [-0.2, 0) is 0 Å². The van der Waals surface area contributed by atoms with Crippen LogP contribution in [0.2, 0.25) is 0 Å². The molecule has 3 heteroatoms. The van der Waals surface area contributed by atoms with Crippen LogP contribution >= 0.6 is 0 Å². The zero-order chi connectivity index (χ0) is 10.1. The van der Waals surface area contributed by atoms with Crippen LogP contribution in [-0.4, -0.2) is 6.18 Å². The van der Waals surface area contributed by atoms with E-state index in [1.54, 1.807) is 0 Å². The molecule has 0 saturated heterocycles. The van der Waals surface area contributed by atoms with Gasteiger partial charge in [0.1, 0.15) is 0 Å². The Morgan fingerprint density at radius 1 is 1.23 bits per heavy atom. The van der Waals surface area contributed by atoms with Gasteiger partial charge in [0.2, 0.25) is 0 Å². The maximum Gasteiger partial charge on any atom is 0.391 e. The zero-order valence-electron chi connectivity index (χ0n) is 8.25. The van der Waals surface area contributed by atoms with Crippen LogP contribution in [0.5, 0.6) is 0 Å². The Bertz CT molecular complexity index is 163. The minimum atomic E-state index is -3.96. The lowest BCUT2D eigenvalue weighted by Crippen LogP contribution is -2.31. The van der Waals surface area contributed by atoms with Gasteiger partial charge in [0, 0.05) is 0 Å². The molecule has 1 aliphatic carbocycles. The number of halogens is 3. The molecule has 0 nitrogen and oxygen atoms in total. The molecule has 1 fully saturated rings. The smallest absolute Gasteiger partial charge is 0.171 e. The van der Waals surface area contributed by atoms with Gasteiger partial charge in [0.05, 0.1) is 5.92 Å². The van der Waals surface area contributed by atoms with E-state index in [0.29, 0.717) is 12.8 Å². The monoisotopic (exact) mass is 194 g/mol. The van der Waals surface area contributed by atoms with E-state index in [4.69, 9.17) is 0 Å². The van der Waals surface area contributed by atoms with Gasteiger partial charge in [0.25, 0.3) is 0 Å².